The van der Waals surface area contributed by atoms with Gasteiger partial charge in [0.15, 0.2) is 0 Å². The van der Waals surface area contributed by atoms with E-state index in [1.165, 1.54) is 0 Å². The summed E-state index contributed by atoms with van der Waals surface area (Å²) in [5.41, 5.74) is 0.809. The first kappa shape index (κ1) is 10.6. The number of hydrogen-bond acceptors (Lipinski definition) is 3. The predicted molar refractivity (Wildman–Crippen MR) is 53.0 cm³/mol. The van der Waals surface area contributed by atoms with Gasteiger partial charge in [0.1, 0.15) is 5.75 Å². The fourth-order valence-electron chi connectivity index (χ4n) is 1.27. The first-order chi connectivity index (χ1) is 6.69. The third-order valence-electron chi connectivity index (χ3n) is 2.10. The zero-order valence-electron chi connectivity index (χ0n) is 8.27. The van der Waals surface area contributed by atoms with Gasteiger partial charge in [-0.1, -0.05) is 12.1 Å². The molecule has 0 radical (unpaired) electrons. The Morgan fingerprint density at radius 1 is 1.36 bits per heavy atom. The summed E-state index contributed by atoms with van der Waals surface area (Å²) in [6.07, 6.45) is -0.659. The van der Waals surface area contributed by atoms with Crippen molar-refractivity contribution in [2.75, 3.05) is 7.11 Å². The average molecular weight is 191 g/mol. The minimum absolute atomic E-state index is 0.471. The second kappa shape index (κ2) is 4.64. The molecule has 0 bridgehead atoms. The molecular formula is C11H13NO2. The lowest BCUT2D eigenvalue weighted by atomic mass is 9.96. The van der Waals surface area contributed by atoms with Crippen molar-refractivity contribution >= 4 is 0 Å². The van der Waals surface area contributed by atoms with Gasteiger partial charge < -0.3 is 9.84 Å². The number of nitriles is 1. The molecule has 0 fully saturated rings. The Kier molecular flexibility index (Phi) is 3.49. The Hall–Kier alpha value is -1.53. The number of aliphatic hydroxyl groups excluding tert-OH is 1. The van der Waals surface area contributed by atoms with E-state index < -0.39 is 12.0 Å². The van der Waals surface area contributed by atoms with Crippen LogP contribution in [-0.4, -0.2) is 18.3 Å². The maximum absolute atomic E-state index is 9.34. The Balaban J connectivity index is 2.91. The van der Waals surface area contributed by atoms with Gasteiger partial charge in [0.25, 0.3) is 0 Å². The number of benzene rings is 1. The molecule has 0 heterocycles. The Morgan fingerprint density at radius 3 is 2.29 bits per heavy atom. The lowest BCUT2D eigenvalue weighted by Crippen LogP contribution is -2.12. The number of aliphatic hydroxyl groups is 1. The first-order valence-corrected chi connectivity index (χ1v) is 4.40. The topological polar surface area (TPSA) is 53.2 Å². The molecule has 0 saturated heterocycles. The summed E-state index contributed by atoms with van der Waals surface area (Å²) in [5.74, 6) is 0.275. The highest BCUT2D eigenvalue weighted by molar-refractivity contribution is 5.32. The SMILES string of the molecule is COc1ccc(C(C#N)C(C)O)cc1. The van der Waals surface area contributed by atoms with E-state index in [0.717, 1.165) is 11.3 Å². The quantitative estimate of drug-likeness (QED) is 0.790. The van der Waals surface area contributed by atoms with E-state index in [1.807, 2.05) is 0 Å². The molecule has 1 aromatic rings. The Labute approximate surface area is 83.6 Å². The van der Waals surface area contributed by atoms with Crippen molar-refractivity contribution in [2.24, 2.45) is 0 Å². The number of hydrogen-bond donors (Lipinski definition) is 1. The molecule has 0 aliphatic rings. The smallest absolute Gasteiger partial charge is 0.118 e. The maximum Gasteiger partial charge on any atom is 0.118 e. The van der Waals surface area contributed by atoms with Crippen molar-refractivity contribution < 1.29 is 9.84 Å². The zero-order valence-corrected chi connectivity index (χ0v) is 8.27. The molecular weight excluding hydrogens is 178 g/mol. The van der Waals surface area contributed by atoms with Crippen LogP contribution < -0.4 is 4.74 Å². The summed E-state index contributed by atoms with van der Waals surface area (Å²) in [7, 11) is 1.59. The van der Waals surface area contributed by atoms with Crippen molar-refractivity contribution in [3.8, 4) is 11.8 Å². The van der Waals surface area contributed by atoms with Gasteiger partial charge in [0.2, 0.25) is 0 Å². The second-order valence-corrected chi connectivity index (χ2v) is 3.12. The van der Waals surface area contributed by atoms with Gasteiger partial charge in [-0.3, -0.25) is 0 Å². The molecule has 14 heavy (non-hydrogen) atoms. The highest BCUT2D eigenvalue weighted by Crippen LogP contribution is 2.21. The molecule has 0 aromatic heterocycles. The Bertz CT molecular complexity index is 324. The van der Waals surface area contributed by atoms with Crippen LogP contribution >= 0.6 is 0 Å². The standard InChI is InChI=1S/C11H13NO2/c1-8(13)11(7-12)9-3-5-10(14-2)6-4-9/h3-6,8,11,13H,1-2H3. The van der Waals surface area contributed by atoms with Gasteiger partial charge in [-0.25, -0.2) is 0 Å². The van der Waals surface area contributed by atoms with E-state index in [2.05, 4.69) is 6.07 Å². The van der Waals surface area contributed by atoms with Crippen LogP contribution in [0.5, 0.6) is 5.75 Å². The molecule has 0 aliphatic heterocycles. The molecule has 0 amide bonds. The van der Waals surface area contributed by atoms with E-state index in [1.54, 1.807) is 38.3 Å². The van der Waals surface area contributed by atoms with Gasteiger partial charge in [-0.05, 0) is 24.6 Å². The van der Waals surface area contributed by atoms with Crippen LogP contribution in [0.4, 0.5) is 0 Å². The van der Waals surface area contributed by atoms with Crippen LogP contribution in [0, 0.1) is 11.3 Å². The van der Waals surface area contributed by atoms with E-state index in [-0.39, 0.29) is 0 Å². The van der Waals surface area contributed by atoms with Crippen molar-refractivity contribution in [3.63, 3.8) is 0 Å². The summed E-state index contributed by atoms with van der Waals surface area (Å²) in [6.45, 7) is 1.61. The van der Waals surface area contributed by atoms with Crippen molar-refractivity contribution in [1.82, 2.24) is 0 Å². The van der Waals surface area contributed by atoms with E-state index >= 15 is 0 Å². The van der Waals surface area contributed by atoms with Gasteiger partial charge in [0, 0.05) is 0 Å². The minimum Gasteiger partial charge on any atom is -0.497 e. The monoisotopic (exact) mass is 191 g/mol. The molecule has 3 heteroatoms. The highest BCUT2D eigenvalue weighted by Gasteiger charge is 2.15. The van der Waals surface area contributed by atoms with Crippen molar-refractivity contribution in [2.45, 2.75) is 18.9 Å². The number of nitrogens with zero attached hydrogens (tertiary/aromatic N) is 1. The molecule has 2 atom stereocenters. The molecule has 1 aromatic carbocycles. The van der Waals surface area contributed by atoms with Crippen molar-refractivity contribution in [1.29, 1.82) is 5.26 Å². The van der Waals surface area contributed by atoms with Crippen LogP contribution in [-0.2, 0) is 0 Å². The lowest BCUT2D eigenvalue weighted by molar-refractivity contribution is 0.181. The average Bonchev–Trinajstić information content (AvgIpc) is 2.19. The molecule has 3 nitrogen and oxygen atoms in total. The molecule has 1 N–H and O–H groups in total. The minimum atomic E-state index is -0.659. The Morgan fingerprint density at radius 2 is 1.93 bits per heavy atom. The van der Waals surface area contributed by atoms with Crippen LogP contribution in [0.15, 0.2) is 24.3 Å². The summed E-state index contributed by atoms with van der Waals surface area (Å²) in [5, 5.41) is 18.2. The normalized spacial score (nSPS) is 14.1. The molecule has 0 spiro atoms. The van der Waals surface area contributed by atoms with E-state index in [4.69, 9.17) is 10.00 Å². The van der Waals surface area contributed by atoms with Gasteiger partial charge in [-0.15, -0.1) is 0 Å². The van der Waals surface area contributed by atoms with Crippen LogP contribution in [0.2, 0.25) is 0 Å². The number of rotatable bonds is 3. The predicted octanol–water partition coefficient (Wildman–Crippen LogP) is 1.68. The summed E-state index contributed by atoms with van der Waals surface area (Å²) in [6, 6.07) is 9.21. The summed E-state index contributed by atoms with van der Waals surface area (Å²) >= 11 is 0. The first-order valence-electron chi connectivity index (χ1n) is 4.40. The fraction of sp³-hybridized carbons (Fsp3) is 0.364. The van der Waals surface area contributed by atoms with Gasteiger partial charge in [-0.2, -0.15) is 5.26 Å². The lowest BCUT2D eigenvalue weighted by Gasteiger charge is -2.12. The highest BCUT2D eigenvalue weighted by atomic mass is 16.5. The number of ether oxygens (including phenoxy) is 1. The zero-order chi connectivity index (χ0) is 10.6. The summed E-state index contributed by atoms with van der Waals surface area (Å²) < 4.78 is 5.00. The maximum atomic E-state index is 9.34. The summed E-state index contributed by atoms with van der Waals surface area (Å²) in [4.78, 5) is 0. The van der Waals surface area contributed by atoms with E-state index in [9.17, 15) is 5.11 Å². The molecule has 1 rings (SSSR count). The second-order valence-electron chi connectivity index (χ2n) is 3.12. The van der Waals surface area contributed by atoms with Gasteiger partial charge in [0.05, 0.1) is 25.2 Å². The molecule has 74 valence electrons. The van der Waals surface area contributed by atoms with Crippen LogP contribution in [0.25, 0.3) is 0 Å². The van der Waals surface area contributed by atoms with Crippen molar-refractivity contribution in [3.05, 3.63) is 29.8 Å². The third kappa shape index (κ3) is 2.24. The van der Waals surface area contributed by atoms with E-state index in [0.29, 0.717) is 0 Å². The third-order valence-corrected chi connectivity index (χ3v) is 2.10. The van der Waals surface area contributed by atoms with Crippen LogP contribution in [0.1, 0.15) is 18.4 Å². The largest absolute Gasteiger partial charge is 0.497 e. The van der Waals surface area contributed by atoms with Gasteiger partial charge >= 0.3 is 0 Å². The fourth-order valence-corrected chi connectivity index (χ4v) is 1.27. The van der Waals surface area contributed by atoms with Crippen LogP contribution in [0.3, 0.4) is 0 Å². The number of methoxy groups -OCH3 is 1. The molecule has 0 aliphatic carbocycles. The molecule has 0 saturated carbocycles. The molecule has 2 unspecified atom stereocenters.